The van der Waals surface area contributed by atoms with E-state index in [1.807, 2.05) is 0 Å². The van der Waals surface area contributed by atoms with Gasteiger partial charge in [0.25, 0.3) is 6.26 Å². The molecule has 0 aliphatic rings. The van der Waals surface area contributed by atoms with E-state index in [1.165, 1.54) is 0 Å². The molecule has 3 N–H and O–H groups in total. The molecule has 0 fully saturated rings. The molecule has 0 heterocycles. The number of nitrogens with zero attached hydrogens (tertiary/aromatic N) is 1. The molecule has 10 heteroatoms. The summed E-state index contributed by atoms with van der Waals surface area (Å²) >= 11 is 0. The van der Waals surface area contributed by atoms with Crippen LogP contribution in [0, 0.1) is 11.5 Å². The fraction of sp³-hybridized carbons (Fsp3) is 0.429. The van der Waals surface area contributed by atoms with Gasteiger partial charge >= 0.3 is 69.3 Å². The summed E-state index contributed by atoms with van der Waals surface area (Å²) < 4.78 is 4.06. The Balaban J connectivity index is -0.000000980. The Hall–Kier alpha value is 0.0766. The van der Waals surface area contributed by atoms with Gasteiger partial charge < -0.3 is 20.1 Å². The van der Waals surface area contributed by atoms with E-state index in [-0.39, 0.29) is 73.8 Å². The normalized spacial score (nSPS) is 8.88. The molecule has 0 aromatic heterocycles. The molecule has 95 valence electrons. The molecule has 0 aromatic carbocycles. The number of aliphatic carboxylic acids is 3. The third kappa shape index (κ3) is 7.90. The van der Waals surface area contributed by atoms with E-state index < -0.39 is 36.4 Å². The standard InChI is InChI=1S/C7H7NO7.Au.K.H/c8-3-15-7(6(13)14,1-4(9)10)2-5(11)12;;;/h1-2H2,(H,9,10)(H,11,12)(H,13,14);;;. The average Bonchev–Trinajstić information content (AvgIpc) is 2.01. The van der Waals surface area contributed by atoms with E-state index in [0.29, 0.717) is 0 Å². The molecular weight excluding hydrogens is 446 g/mol. The summed E-state index contributed by atoms with van der Waals surface area (Å²) in [7, 11) is 0. The van der Waals surface area contributed by atoms with Crippen LogP contribution < -0.4 is 0 Å². The predicted octanol–water partition coefficient (Wildman–Crippen LogP) is -1.39. The monoisotopic (exact) mass is 454 g/mol. The van der Waals surface area contributed by atoms with E-state index in [4.69, 9.17) is 20.6 Å². The zero-order valence-corrected chi connectivity index (χ0v) is 9.80. The van der Waals surface area contributed by atoms with Gasteiger partial charge in [-0.05, 0) is 0 Å². The fourth-order valence-electron chi connectivity index (χ4n) is 0.905. The second-order valence-corrected chi connectivity index (χ2v) is 2.63. The third-order valence-electron chi connectivity index (χ3n) is 1.50. The molecule has 0 aromatic rings. The van der Waals surface area contributed by atoms with E-state index >= 15 is 0 Å². The number of hydrogen-bond acceptors (Lipinski definition) is 5. The van der Waals surface area contributed by atoms with Crippen LogP contribution in [0.2, 0.25) is 0 Å². The molecule has 8 nitrogen and oxygen atoms in total. The van der Waals surface area contributed by atoms with Gasteiger partial charge in [-0.3, -0.25) is 9.59 Å². The molecule has 0 saturated heterocycles. The van der Waals surface area contributed by atoms with Crippen molar-refractivity contribution >= 4 is 69.3 Å². The van der Waals surface area contributed by atoms with Crippen LogP contribution in [0.25, 0.3) is 0 Å². The minimum absolute atomic E-state index is 0. The maximum atomic E-state index is 10.7. The quantitative estimate of drug-likeness (QED) is 0.329. The predicted molar refractivity (Wildman–Crippen MR) is 48.7 cm³/mol. The molecule has 0 rings (SSSR count). The Morgan fingerprint density at radius 3 is 1.65 bits per heavy atom. The summed E-state index contributed by atoms with van der Waals surface area (Å²) in [6.07, 6.45) is -1.22. The number of carbonyl (C=O) groups is 3. The van der Waals surface area contributed by atoms with Crippen molar-refractivity contribution in [2.75, 3.05) is 0 Å². The summed E-state index contributed by atoms with van der Waals surface area (Å²) in [6, 6.07) is 0. The van der Waals surface area contributed by atoms with Crippen molar-refractivity contribution in [3.05, 3.63) is 0 Å². The molecule has 0 spiro atoms. The van der Waals surface area contributed by atoms with Crippen LogP contribution in [-0.2, 0) is 41.5 Å². The molecule has 0 saturated carbocycles. The molecule has 17 heavy (non-hydrogen) atoms. The van der Waals surface area contributed by atoms with Gasteiger partial charge in [0.05, 0.1) is 12.8 Å². The zero-order valence-electron chi connectivity index (χ0n) is 7.64. The van der Waals surface area contributed by atoms with Gasteiger partial charge in [-0.1, -0.05) is 0 Å². The van der Waals surface area contributed by atoms with Crippen LogP contribution in [0.4, 0.5) is 0 Å². The SMILES string of the molecule is N#COC(CC(=O)O)(CC(=O)O)C(=O)O.[Au].[KH]. The minimum atomic E-state index is -2.55. The van der Waals surface area contributed by atoms with Gasteiger partial charge in [0.1, 0.15) is 0 Å². The first-order valence-electron chi connectivity index (χ1n) is 3.58. The summed E-state index contributed by atoms with van der Waals surface area (Å²) in [5, 5.41) is 33.6. The second-order valence-electron chi connectivity index (χ2n) is 2.63. The van der Waals surface area contributed by atoms with Crippen LogP contribution >= 0.6 is 0 Å². The Morgan fingerprint density at radius 1 is 1.12 bits per heavy atom. The molecule has 0 bridgehead atoms. The van der Waals surface area contributed by atoms with E-state index in [2.05, 4.69) is 4.74 Å². The number of hydrogen-bond donors (Lipinski definition) is 3. The Bertz CT molecular complexity index is 324. The van der Waals surface area contributed by atoms with E-state index in [1.54, 1.807) is 0 Å². The number of rotatable bonds is 6. The fourth-order valence-corrected chi connectivity index (χ4v) is 0.905. The van der Waals surface area contributed by atoms with E-state index in [9.17, 15) is 14.4 Å². The summed E-state index contributed by atoms with van der Waals surface area (Å²) in [5.74, 6) is -4.96. The van der Waals surface area contributed by atoms with Crippen molar-refractivity contribution < 1.29 is 56.8 Å². The summed E-state index contributed by atoms with van der Waals surface area (Å²) in [6.45, 7) is 0. The maximum absolute atomic E-state index is 10.7. The van der Waals surface area contributed by atoms with E-state index in [0.717, 1.165) is 6.26 Å². The van der Waals surface area contributed by atoms with Crippen molar-refractivity contribution in [3.8, 4) is 6.26 Å². The molecule has 0 atom stereocenters. The second kappa shape index (κ2) is 10.0. The van der Waals surface area contributed by atoms with Gasteiger partial charge in [0.2, 0.25) is 5.60 Å². The van der Waals surface area contributed by atoms with Gasteiger partial charge in [-0.2, -0.15) is 5.26 Å². The van der Waals surface area contributed by atoms with Crippen LogP contribution in [-0.4, -0.2) is 90.2 Å². The molecule has 0 aliphatic heterocycles. The van der Waals surface area contributed by atoms with Gasteiger partial charge in [-0.25, -0.2) is 4.79 Å². The molecular formula is C7H8AuKNO7. The first-order valence-corrected chi connectivity index (χ1v) is 3.58. The average molecular weight is 454 g/mol. The van der Waals surface area contributed by atoms with Crippen LogP contribution in [0.15, 0.2) is 0 Å². The first-order chi connectivity index (χ1) is 6.84. The van der Waals surface area contributed by atoms with Gasteiger partial charge in [0.15, 0.2) is 0 Å². The molecule has 0 amide bonds. The van der Waals surface area contributed by atoms with Gasteiger partial charge in [0, 0.05) is 22.4 Å². The number of carboxylic acids is 3. The van der Waals surface area contributed by atoms with Crippen LogP contribution in [0.1, 0.15) is 12.8 Å². The number of carboxylic acid groups (broad SMARTS) is 3. The Morgan fingerprint density at radius 2 is 1.47 bits per heavy atom. The van der Waals surface area contributed by atoms with Crippen molar-refractivity contribution in [1.82, 2.24) is 0 Å². The zero-order chi connectivity index (χ0) is 12.1. The Labute approximate surface area is 154 Å². The van der Waals surface area contributed by atoms with Crippen LogP contribution in [0.3, 0.4) is 0 Å². The van der Waals surface area contributed by atoms with Crippen molar-refractivity contribution in [2.24, 2.45) is 0 Å². The Kier molecular flexibility index (Phi) is 13.2. The van der Waals surface area contributed by atoms with Gasteiger partial charge in [-0.15, -0.1) is 0 Å². The number of nitriles is 1. The van der Waals surface area contributed by atoms with Crippen molar-refractivity contribution in [3.63, 3.8) is 0 Å². The summed E-state index contributed by atoms with van der Waals surface area (Å²) in [5.41, 5.74) is -2.55. The number of ether oxygens (including phenoxy) is 1. The van der Waals surface area contributed by atoms with Crippen molar-refractivity contribution in [1.29, 1.82) is 5.26 Å². The topological polar surface area (TPSA) is 145 Å². The third-order valence-corrected chi connectivity index (χ3v) is 1.50. The summed E-state index contributed by atoms with van der Waals surface area (Å²) in [4.78, 5) is 31.3. The first kappa shape index (κ1) is 22.3. The van der Waals surface area contributed by atoms with Crippen molar-refractivity contribution in [2.45, 2.75) is 18.4 Å². The molecule has 0 aliphatic carbocycles. The van der Waals surface area contributed by atoms with Crippen LogP contribution in [0.5, 0.6) is 0 Å². The molecule has 0 unspecified atom stereocenters. The molecule has 1 radical (unpaired) electrons.